The van der Waals surface area contributed by atoms with E-state index in [2.05, 4.69) is 6.07 Å². The van der Waals surface area contributed by atoms with E-state index in [4.69, 9.17) is 4.74 Å². The number of carbonyl (C=O) groups is 2. The standard InChI is InChI=1S/C23H22N2O4/c1-21-9-10-23(29-21,11-12-26)22(2)18(21)19(27)25(20(22)28)17-8-7-14(13-24)15-5-3-4-6-16(15)17/h3-8,18,26H,9-12H2,1-2H3/t18-,21?,22+,23?/m0/s1. The molecule has 3 fully saturated rings. The van der Waals surface area contributed by atoms with Gasteiger partial charge >= 0.3 is 0 Å². The van der Waals surface area contributed by atoms with Gasteiger partial charge in [-0.3, -0.25) is 9.59 Å². The molecule has 2 amide bonds. The van der Waals surface area contributed by atoms with Crippen LogP contribution >= 0.6 is 0 Å². The largest absolute Gasteiger partial charge is 0.396 e. The molecule has 3 aliphatic heterocycles. The summed E-state index contributed by atoms with van der Waals surface area (Å²) in [7, 11) is 0. The molecule has 3 aliphatic rings. The van der Waals surface area contributed by atoms with Crippen LogP contribution in [0, 0.1) is 22.7 Å². The van der Waals surface area contributed by atoms with Crippen molar-refractivity contribution in [3.8, 4) is 6.07 Å². The van der Waals surface area contributed by atoms with Crippen molar-refractivity contribution in [3.05, 3.63) is 42.0 Å². The summed E-state index contributed by atoms with van der Waals surface area (Å²) in [5.41, 5.74) is -1.55. The zero-order valence-electron chi connectivity index (χ0n) is 16.4. The van der Waals surface area contributed by atoms with E-state index in [1.807, 2.05) is 38.1 Å². The lowest BCUT2D eigenvalue weighted by Gasteiger charge is -2.40. The van der Waals surface area contributed by atoms with Crippen LogP contribution in [0.25, 0.3) is 10.8 Å². The summed E-state index contributed by atoms with van der Waals surface area (Å²) in [6, 6.07) is 12.8. The van der Waals surface area contributed by atoms with Gasteiger partial charge < -0.3 is 9.84 Å². The first-order chi connectivity index (χ1) is 13.8. The molecule has 4 atom stereocenters. The zero-order chi connectivity index (χ0) is 20.6. The molecule has 0 saturated carbocycles. The summed E-state index contributed by atoms with van der Waals surface area (Å²) in [5.74, 6) is -1.12. The van der Waals surface area contributed by atoms with Crippen LogP contribution in [0.5, 0.6) is 0 Å². The highest BCUT2D eigenvalue weighted by Crippen LogP contribution is 2.68. The van der Waals surface area contributed by atoms with Gasteiger partial charge in [0, 0.05) is 23.8 Å². The van der Waals surface area contributed by atoms with E-state index < -0.39 is 22.5 Å². The number of nitriles is 1. The number of fused-ring (bicyclic) bond motifs is 6. The number of ether oxygens (including phenoxy) is 1. The molecule has 0 aromatic heterocycles. The molecule has 0 aliphatic carbocycles. The van der Waals surface area contributed by atoms with Crippen molar-refractivity contribution in [2.45, 2.75) is 44.3 Å². The first kappa shape index (κ1) is 18.3. The van der Waals surface area contributed by atoms with Crippen LogP contribution < -0.4 is 4.90 Å². The number of benzene rings is 2. The predicted octanol–water partition coefficient (Wildman–Crippen LogP) is 2.91. The molecular weight excluding hydrogens is 368 g/mol. The minimum Gasteiger partial charge on any atom is -0.396 e. The third-order valence-electron chi connectivity index (χ3n) is 7.48. The van der Waals surface area contributed by atoms with Crippen LogP contribution in [0.4, 0.5) is 5.69 Å². The number of nitrogens with zero attached hydrogens (tertiary/aromatic N) is 2. The Labute approximate surface area is 168 Å². The van der Waals surface area contributed by atoms with Crippen molar-refractivity contribution < 1.29 is 19.4 Å². The fourth-order valence-corrected chi connectivity index (χ4v) is 6.15. The maximum absolute atomic E-state index is 13.8. The Kier molecular flexibility index (Phi) is 3.57. The van der Waals surface area contributed by atoms with Crippen molar-refractivity contribution in [2.24, 2.45) is 11.3 Å². The Balaban J connectivity index is 1.71. The Morgan fingerprint density at radius 3 is 2.59 bits per heavy atom. The SMILES string of the molecule is CC12CCC(CCO)(O1)[C@@]1(C)C(=O)N(c3ccc(C#N)c4ccccc34)C(=O)[C@@H]21. The van der Waals surface area contributed by atoms with Gasteiger partial charge in [-0.2, -0.15) is 5.26 Å². The van der Waals surface area contributed by atoms with Gasteiger partial charge in [0.15, 0.2) is 0 Å². The Bertz CT molecular complexity index is 1120. The number of carbonyl (C=O) groups excluding carboxylic acids is 2. The highest BCUT2D eigenvalue weighted by molar-refractivity contribution is 6.27. The van der Waals surface area contributed by atoms with Gasteiger partial charge in [0.1, 0.15) is 0 Å². The van der Waals surface area contributed by atoms with Gasteiger partial charge in [0.25, 0.3) is 0 Å². The summed E-state index contributed by atoms with van der Waals surface area (Å²) in [6.07, 6.45) is 1.67. The average Bonchev–Trinajstić information content (AvgIpc) is 3.23. The Morgan fingerprint density at radius 2 is 1.90 bits per heavy atom. The molecule has 2 aromatic carbocycles. The molecule has 148 valence electrons. The monoisotopic (exact) mass is 390 g/mol. The van der Waals surface area contributed by atoms with Crippen LogP contribution in [-0.2, 0) is 14.3 Å². The van der Waals surface area contributed by atoms with Crippen molar-refractivity contribution in [2.75, 3.05) is 11.5 Å². The smallest absolute Gasteiger partial charge is 0.243 e. The predicted molar refractivity (Wildman–Crippen MR) is 106 cm³/mol. The van der Waals surface area contributed by atoms with Gasteiger partial charge in [0.2, 0.25) is 11.8 Å². The Morgan fingerprint density at radius 1 is 1.17 bits per heavy atom. The van der Waals surface area contributed by atoms with Crippen molar-refractivity contribution in [1.29, 1.82) is 5.26 Å². The molecule has 3 heterocycles. The lowest BCUT2D eigenvalue weighted by Crippen LogP contribution is -2.52. The van der Waals surface area contributed by atoms with Gasteiger partial charge in [-0.15, -0.1) is 0 Å². The minimum atomic E-state index is -1.02. The lowest BCUT2D eigenvalue weighted by molar-refractivity contribution is -0.138. The molecule has 3 saturated heterocycles. The van der Waals surface area contributed by atoms with Crippen LogP contribution in [0.15, 0.2) is 36.4 Å². The molecule has 6 nitrogen and oxygen atoms in total. The molecule has 6 heteroatoms. The van der Waals surface area contributed by atoms with E-state index in [1.165, 1.54) is 4.90 Å². The van der Waals surface area contributed by atoms with E-state index >= 15 is 0 Å². The maximum Gasteiger partial charge on any atom is 0.243 e. The molecule has 5 rings (SSSR count). The second kappa shape index (κ2) is 5.65. The zero-order valence-corrected chi connectivity index (χ0v) is 16.4. The number of aliphatic hydroxyl groups excluding tert-OH is 1. The van der Waals surface area contributed by atoms with E-state index in [1.54, 1.807) is 12.1 Å². The molecule has 0 radical (unpaired) electrons. The summed E-state index contributed by atoms with van der Waals surface area (Å²) >= 11 is 0. The van der Waals surface area contributed by atoms with Gasteiger partial charge in [0.05, 0.1) is 39.9 Å². The highest BCUT2D eigenvalue weighted by atomic mass is 16.5. The fraction of sp³-hybridized carbons (Fsp3) is 0.435. The summed E-state index contributed by atoms with van der Waals surface area (Å²) in [4.78, 5) is 28.7. The van der Waals surface area contributed by atoms with E-state index in [0.29, 0.717) is 41.3 Å². The molecular formula is C23H22N2O4. The second-order valence-electron chi connectivity index (χ2n) is 8.79. The van der Waals surface area contributed by atoms with E-state index in [0.717, 1.165) is 0 Å². The van der Waals surface area contributed by atoms with Gasteiger partial charge in [-0.25, -0.2) is 4.90 Å². The van der Waals surface area contributed by atoms with Crippen molar-refractivity contribution in [3.63, 3.8) is 0 Å². The van der Waals surface area contributed by atoms with Crippen LogP contribution in [0.3, 0.4) is 0 Å². The molecule has 0 spiro atoms. The summed E-state index contributed by atoms with van der Waals surface area (Å²) in [5, 5.41) is 20.5. The third-order valence-corrected chi connectivity index (χ3v) is 7.48. The van der Waals surface area contributed by atoms with Gasteiger partial charge in [-0.05, 0) is 38.8 Å². The maximum atomic E-state index is 13.8. The molecule has 1 N–H and O–H groups in total. The summed E-state index contributed by atoms with van der Waals surface area (Å²) < 4.78 is 6.34. The van der Waals surface area contributed by atoms with E-state index in [9.17, 15) is 20.0 Å². The molecule has 29 heavy (non-hydrogen) atoms. The van der Waals surface area contributed by atoms with Crippen LogP contribution in [-0.4, -0.2) is 34.7 Å². The first-order valence-corrected chi connectivity index (χ1v) is 9.94. The number of imide groups is 1. The number of anilines is 1. The average molecular weight is 390 g/mol. The van der Waals surface area contributed by atoms with Crippen LogP contribution in [0.1, 0.15) is 38.7 Å². The van der Waals surface area contributed by atoms with E-state index in [-0.39, 0.29) is 18.4 Å². The first-order valence-electron chi connectivity index (χ1n) is 9.94. The quantitative estimate of drug-likeness (QED) is 0.814. The number of hydrogen-bond donors (Lipinski definition) is 1. The molecule has 2 aromatic rings. The van der Waals surface area contributed by atoms with Crippen molar-refractivity contribution >= 4 is 28.3 Å². The summed E-state index contributed by atoms with van der Waals surface area (Å²) in [6.45, 7) is 3.64. The fourth-order valence-electron chi connectivity index (χ4n) is 6.15. The number of rotatable bonds is 3. The Hall–Kier alpha value is -2.75. The highest BCUT2D eigenvalue weighted by Gasteiger charge is 2.80. The lowest BCUT2D eigenvalue weighted by atomic mass is 9.58. The van der Waals surface area contributed by atoms with Crippen molar-refractivity contribution in [1.82, 2.24) is 0 Å². The topological polar surface area (TPSA) is 90.6 Å². The van der Waals surface area contributed by atoms with Gasteiger partial charge in [-0.1, -0.05) is 24.3 Å². The molecule has 2 unspecified atom stereocenters. The molecule has 2 bridgehead atoms. The number of aliphatic hydroxyl groups is 1. The van der Waals surface area contributed by atoms with Crippen LogP contribution in [0.2, 0.25) is 0 Å². The second-order valence-corrected chi connectivity index (χ2v) is 8.79. The number of amides is 2. The normalized spacial score (nSPS) is 35.4. The third kappa shape index (κ3) is 1.97. The number of hydrogen-bond acceptors (Lipinski definition) is 5. The minimum absolute atomic E-state index is 0.0976.